The van der Waals surface area contributed by atoms with Gasteiger partial charge in [-0.15, -0.1) is 0 Å². The Kier molecular flexibility index (Phi) is 5.98. The summed E-state index contributed by atoms with van der Waals surface area (Å²) in [5.41, 5.74) is 1.53. The van der Waals surface area contributed by atoms with Crippen LogP contribution in [0.2, 0.25) is 0 Å². The second-order valence-corrected chi connectivity index (χ2v) is 6.83. The normalized spacial score (nSPS) is 10.6. The number of nitro benzene ring substituents is 1. The van der Waals surface area contributed by atoms with Gasteiger partial charge >= 0.3 is 0 Å². The largest absolute Gasteiger partial charge is 0.538 e. The number of non-ortho nitro benzene ring substituents is 1. The first-order chi connectivity index (χ1) is 13.9. The molecule has 1 amide bonds. The highest BCUT2D eigenvalue weighted by Crippen LogP contribution is 2.25. The van der Waals surface area contributed by atoms with Crippen LogP contribution in [0.4, 0.5) is 11.4 Å². The summed E-state index contributed by atoms with van der Waals surface area (Å²) < 4.78 is 11.1. The third kappa shape index (κ3) is 4.63. The molecule has 3 rings (SSSR count). The molecule has 29 heavy (non-hydrogen) atoms. The number of nitro groups is 1. The molecule has 1 heterocycles. The number of anilines is 1. The van der Waals surface area contributed by atoms with Crippen LogP contribution in [0.15, 0.2) is 52.0 Å². The van der Waals surface area contributed by atoms with Crippen molar-refractivity contribution < 1.29 is 28.8 Å². The lowest BCUT2D eigenvalue weighted by Crippen LogP contribution is -2.35. The van der Waals surface area contributed by atoms with Crippen LogP contribution in [0, 0.1) is 17.0 Å². The third-order valence-corrected chi connectivity index (χ3v) is 4.94. The maximum Gasteiger partial charge on any atom is 0.298 e. The Morgan fingerprint density at radius 2 is 2.03 bits per heavy atom. The number of carbonyl (C=O) groups is 1. The van der Waals surface area contributed by atoms with Gasteiger partial charge < -0.3 is 19.7 Å². The number of methoxy groups -OCH3 is 1. The first-order valence-electron chi connectivity index (χ1n) is 8.30. The Labute approximate surface area is 169 Å². The minimum absolute atomic E-state index is 0.0594. The monoisotopic (exact) mass is 416 g/mol. The predicted molar refractivity (Wildman–Crippen MR) is 101 cm³/mol. The molecular formula is C18H16N4O6S. The van der Waals surface area contributed by atoms with Crippen LogP contribution in [0.3, 0.4) is 0 Å². The number of ether oxygens (including phenoxy) is 1. The van der Waals surface area contributed by atoms with E-state index >= 15 is 0 Å². The number of amides is 1. The number of hydrogen-bond donors (Lipinski definition) is 1. The van der Waals surface area contributed by atoms with Crippen LogP contribution in [0.1, 0.15) is 5.56 Å². The number of nitrogens with zero attached hydrogens (tertiary/aromatic N) is 3. The zero-order chi connectivity index (χ0) is 21.0. The van der Waals surface area contributed by atoms with Gasteiger partial charge in [0, 0.05) is 30.0 Å². The van der Waals surface area contributed by atoms with Crippen LogP contribution in [0.25, 0.3) is 5.69 Å². The van der Waals surface area contributed by atoms with Gasteiger partial charge in [0.1, 0.15) is 5.75 Å². The van der Waals surface area contributed by atoms with Gasteiger partial charge in [-0.25, -0.2) is 0 Å². The van der Waals surface area contributed by atoms with E-state index in [0.29, 0.717) is 22.7 Å². The smallest absolute Gasteiger partial charge is 0.298 e. The summed E-state index contributed by atoms with van der Waals surface area (Å²) >= 11 is 0.969. The Balaban J connectivity index is 1.69. The maximum absolute atomic E-state index is 12.3. The molecule has 10 nitrogen and oxygen atoms in total. The van der Waals surface area contributed by atoms with E-state index in [4.69, 9.17) is 9.26 Å². The molecular weight excluding hydrogens is 400 g/mol. The number of nitrogens with one attached hydrogen (secondary N) is 1. The van der Waals surface area contributed by atoms with Crippen molar-refractivity contribution in [2.45, 2.75) is 11.9 Å². The quantitative estimate of drug-likeness (QED) is 0.267. The fourth-order valence-corrected chi connectivity index (χ4v) is 3.23. The van der Waals surface area contributed by atoms with Crippen molar-refractivity contribution in [1.29, 1.82) is 0 Å². The van der Waals surface area contributed by atoms with Gasteiger partial charge in [-0.05, 0) is 47.1 Å². The number of rotatable bonds is 7. The van der Waals surface area contributed by atoms with E-state index in [2.05, 4.69) is 10.6 Å². The zero-order valence-corrected chi connectivity index (χ0v) is 16.3. The average Bonchev–Trinajstić information content (AvgIpc) is 3.08. The summed E-state index contributed by atoms with van der Waals surface area (Å²) in [6.45, 7) is 1.66. The van der Waals surface area contributed by atoms with Gasteiger partial charge in [0.05, 0.1) is 23.1 Å². The van der Waals surface area contributed by atoms with Crippen molar-refractivity contribution in [3.05, 3.63) is 58.1 Å². The van der Waals surface area contributed by atoms with Gasteiger partial charge in [-0.2, -0.15) is 0 Å². The molecule has 0 bridgehead atoms. The fourth-order valence-electron chi connectivity index (χ4n) is 2.47. The summed E-state index contributed by atoms with van der Waals surface area (Å²) in [7, 11) is 1.54. The Hall–Kier alpha value is -3.60. The van der Waals surface area contributed by atoms with Crippen LogP contribution < -0.4 is 19.8 Å². The average molecular weight is 416 g/mol. The molecule has 0 saturated carbocycles. The number of aryl methyl sites for hydroxylation is 1. The van der Waals surface area contributed by atoms with E-state index in [1.165, 1.54) is 22.9 Å². The van der Waals surface area contributed by atoms with Crippen LogP contribution in [-0.2, 0) is 4.79 Å². The molecule has 1 aromatic heterocycles. The first kappa shape index (κ1) is 20.1. The van der Waals surface area contributed by atoms with Crippen molar-refractivity contribution >= 4 is 29.0 Å². The molecule has 0 aliphatic heterocycles. The predicted octanol–water partition coefficient (Wildman–Crippen LogP) is 1.98. The van der Waals surface area contributed by atoms with E-state index in [9.17, 15) is 20.0 Å². The molecule has 0 unspecified atom stereocenters. The standard InChI is InChI=1S/C18H16N4O6S/c1-11-9-13(22(25)26)5-8-15(11)19-16(23)10-29-17-18(24)28-20-21(17)12-3-6-14(27-2)7-4-12/h3-9H,10H2,1-2H3,(H-,19,20,23,24). The van der Waals surface area contributed by atoms with Crippen LogP contribution in [-0.4, -0.2) is 29.0 Å². The second-order valence-electron chi connectivity index (χ2n) is 5.87. The molecule has 0 radical (unpaired) electrons. The minimum Gasteiger partial charge on any atom is -0.538 e. The summed E-state index contributed by atoms with van der Waals surface area (Å²) in [5.74, 6) is -0.477. The van der Waals surface area contributed by atoms with E-state index in [1.807, 2.05) is 0 Å². The summed E-state index contributed by atoms with van der Waals surface area (Å²) in [4.78, 5) is 22.6. The topological polar surface area (TPSA) is 134 Å². The maximum atomic E-state index is 12.3. The first-order valence-corrected chi connectivity index (χ1v) is 9.28. The lowest BCUT2D eigenvalue weighted by atomic mass is 10.2. The van der Waals surface area contributed by atoms with E-state index < -0.39 is 10.9 Å². The Morgan fingerprint density at radius 1 is 1.31 bits per heavy atom. The van der Waals surface area contributed by atoms with E-state index in [1.54, 1.807) is 38.3 Å². The highest BCUT2D eigenvalue weighted by atomic mass is 32.2. The molecule has 3 aromatic rings. The zero-order valence-electron chi connectivity index (χ0n) is 15.4. The van der Waals surface area contributed by atoms with E-state index in [0.717, 1.165) is 11.8 Å². The number of hydrogen-bond acceptors (Lipinski definition) is 8. The van der Waals surface area contributed by atoms with Crippen LogP contribution >= 0.6 is 11.8 Å². The Morgan fingerprint density at radius 3 is 2.66 bits per heavy atom. The molecule has 0 aliphatic rings. The number of carbonyl (C=O) groups excluding carboxylic acids is 1. The molecule has 0 aliphatic carbocycles. The lowest BCUT2D eigenvalue weighted by Gasteiger charge is -2.07. The highest BCUT2D eigenvalue weighted by molar-refractivity contribution is 7.99. The summed E-state index contributed by atoms with van der Waals surface area (Å²) in [5, 5.41) is 29.3. The molecule has 0 spiro atoms. The van der Waals surface area contributed by atoms with Gasteiger partial charge in [0.25, 0.3) is 10.7 Å². The molecule has 2 aromatic carbocycles. The molecule has 11 heteroatoms. The third-order valence-electron chi connectivity index (χ3n) is 3.92. The molecule has 0 saturated heterocycles. The molecule has 0 atom stereocenters. The second kappa shape index (κ2) is 8.61. The number of aromatic nitrogens is 2. The SMILES string of the molecule is COc1ccc(-[n+]2noc([O-])c2SCC(=O)Nc2ccc([N+](=O)[O-])cc2C)cc1. The van der Waals surface area contributed by atoms with Gasteiger partial charge in [-0.3, -0.25) is 14.9 Å². The minimum atomic E-state index is -0.662. The van der Waals surface area contributed by atoms with Gasteiger partial charge in [0.15, 0.2) is 5.95 Å². The van der Waals surface area contributed by atoms with Crippen molar-refractivity contribution in [1.82, 2.24) is 5.27 Å². The van der Waals surface area contributed by atoms with Crippen molar-refractivity contribution in [3.8, 4) is 17.4 Å². The molecule has 150 valence electrons. The van der Waals surface area contributed by atoms with E-state index in [-0.39, 0.29) is 22.4 Å². The van der Waals surface area contributed by atoms with Crippen molar-refractivity contribution in [2.75, 3.05) is 18.2 Å². The van der Waals surface area contributed by atoms with Crippen molar-refractivity contribution in [3.63, 3.8) is 0 Å². The molecule has 0 fully saturated rings. The van der Waals surface area contributed by atoms with Gasteiger partial charge in [-0.1, -0.05) is 0 Å². The molecule has 1 N–H and O–H groups in total. The fraction of sp³-hybridized carbons (Fsp3) is 0.167. The number of thioether (sulfide) groups is 1. The number of benzene rings is 2. The summed E-state index contributed by atoms with van der Waals surface area (Å²) in [6, 6.07) is 11.0. The van der Waals surface area contributed by atoms with Crippen LogP contribution in [0.5, 0.6) is 11.7 Å². The Bertz CT molecular complexity index is 1050. The lowest BCUT2D eigenvalue weighted by molar-refractivity contribution is -0.705. The van der Waals surface area contributed by atoms with Gasteiger partial charge in [0.2, 0.25) is 11.6 Å². The van der Waals surface area contributed by atoms with Crippen molar-refractivity contribution in [2.24, 2.45) is 0 Å². The summed E-state index contributed by atoms with van der Waals surface area (Å²) in [6.07, 6.45) is 0. The highest BCUT2D eigenvalue weighted by Gasteiger charge is 2.22.